The standard InChI is InChI=1S/C30H35Cl2N3O4S/c1-4-22-15-17-24(18-16-22)35(40(3,38)39)19-9-14-29(36)34(21-25-26(31)12-8-13-27(25)32)28(30(37)33-2)20-23-10-6-5-7-11-23/h5-8,10-13,15-18,28H,4,9,14,19-21H2,1-3H3,(H,33,37). The lowest BCUT2D eigenvalue weighted by molar-refractivity contribution is -0.141. The van der Waals surface area contributed by atoms with Gasteiger partial charge in [0, 0.05) is 48.6 Å². The number of rotatable bonds is 13. The molecule has 0 aliphatic rings. The number of sulfonamides is 1. The van der Waals surface area contributed by atoms with Gasteiger partial charge in [-0.15, -0.1) is 0 Å². The van der Waals surface area contributed by atoms with E-state index in [-0.39, 0.29) is 44.2 Å². The highest BCUT2D eigenvalue weighted by Gasteiger charge is 2.31. The lowest BCUT2D eigenvalue weighted by Gasteiger charge is -2.32. The molecular weight excluding hydrogens is 569 g/mol. The van der Waals surface area contributed by atoms with E-state index in [1.54, 1.807) is 30.3 Å². The second kappa shape index (κ2) is 14.5. The number of carbonyl (C=O) groups excluding carboxylic acids is 2. The molecule has 214 valence electrons. The third-order valence-corrected chi connectivity index (χ3v) is 8.59. The largest absolute Gasteiger partial charge is 0.357 e. The number of nitrogens with zero attached hydrogens (tertiary/aromatic N) is 2. The fraction of sp³-hybridized carbons (Fsp3) is 0.333. The Hall–Kier alpha value is -3.07. The lowest BCUT2D eigenvalue weighted by Crippen LogP contribution is -2.50. The minimum Gasteiger partial charge on any atom is -0.357 e. The zero-order chi connectivity index (χ0) is 29.3. The van der Waals surface area contributed by atoms with E-state index in [4.69, 9.17) is 23.2 Å². The van der Waals surface area contributed by atoms with Gasteiger partial charge in [-0.2, -0.15) is 0 Å². The maximum atomic E-state index is 13.8. The fourth-order valence-corrected chi connectivity index (χ4v) is 5.96. The molecule has 0 radical (unpaired) electrons. The summed E-state index contributed by atoms with van der Waals surface area (Å²) in [5.41, 5.74) is 3.06. The first-order valence-corrected chi connectivity index (χ1v) is 15.7. The summed E-state index contributed by atoms with van der Waals surface area (Å²) < 4.78 is 26.5. The van der Waals surface area contributed by atoms with Gasteiger partial charge in [-0.3, -0.25) is 13.9 Å². The number of amides is 2. The van der Waals surface area contributed by atoms with Gasteiger partial charge >= 0.3 is 0 Å². The van der Waals surface area contributed by atoms with Gasteiger partial charge in [-0.05, 0) is 48.2 Å². The molecule has 1 atom stereocenters. The van der Waals surface area contributed by atoms with E-state index in [0.29, 0.717) is 21.3 Å². The molecule has 0 saturated heterocycles. The van der Waals surface area contributed by atoms with Gasteiger partial charge in [0.1, 0.15) is 6.04 Å². The number of benzene rings is 3. The average molecular weight is 605 g/mol. The summed E-state index contributed by atoms with van der Waals surface area (Å²) in [5, 5.41) is 3.45. The summed E-state index contributed by atoms with van der Waals surface area (Å²) in [4.78, 5) is 28.4. The van der Waals surface area contributed by atoms with Crippen molar-refractivity contribution in [1.82, 2.24) is 10.2 Å². The Bertz CT molecular complexity index is 1380. The molecule has 10 heteroatoms. The fourth-order valence-electron chi connectivity index (χ4n) is 4.48. The van der Waals surface area contributed by atoms with Crippen molar-refractivity contribution in [3.63, 3.8) is 0 Å². The highest BCUT2D eigenvalue weighted by atomic mass is 35.5. The molecule has 0 saturated carbocycles. The number of likely N-dealkylation sites (N-methyl/N-ethyl adjacent to an activating group) is 1. The van der Waals surface area contributed by atoms with Crippen LogP contribution in [0.1, 0.15) is 36.5 Å². The lowest BCUT2D eigenvalue weighted by atomic mass is 10.0. The summed E-state index contributed by atoms with van der Waals surface area (Å²) in [7, 11) is -2.05. The molecule has 0 bridgehead atoms. The Morgan fingerprint density at radius 2 is 1.52 bits per heavy atom. The molecule has 2 amide bonds. The molecule has 0 heterocycles. The van der Waals surface area contributed by atoms with Gasteiger partial charge in [-0.25, -0.2) is 8.42 Å². The van der Waals surface area contributed by atoms with Crippen molar-refractivity contribution in [1.29, 1.82) is 0 Å². The molecule has 0 aliphatic carbocycles. The zero-order valence-electron chi connectivity index (χ0n) is 22.9. The third-order valence-electron chi connectivity index (χ3n) is 6.69. The van der Waals surface area contributed by atoms with Gasteiger partial charge < -0.3 is 10.2 Å². The van der Waals surface area contributed by atoms with Crippen molar-refractivity contribution in [2.75, 3.05) is 24.2 Å². The number of hydrogen-bond acceptors (Lipinski definition) is 4. The van der Waals surface area contributed by atoms with Crippen LogP contribution in [0.4, 0.5) is 5.69 Å². The molecule has 40 heavy (non-hydrogen) atoms. The Morgan fingerprint density at radius 3 is 2.08 bits per heavy atom. The average Bonchev–Trinajstić information content (AvgIpc) is 2.93. The number of halogens is 2. The number of aryl methyl sites for hydroxylation is 1. The normalized spacial score (nSPS) is 12.0. The number of anilines is 1. The first-order chi connectivity index (χ1) is 19.0. The van der Waals surface area contributed by atoms with E-state index in [2.05, 4.69) is 5.32 Å². The molecule has 3 rings (SSSR count). The maximum Gasteiger partial charge on any atom is 0.242 e. The molecule has 3 aromatic rings. The quantitative estimate of drug-likeness (QED) is 0.280. The molecule has 0 spiro atoms. The van der Waals surface area contributed by atoms with E-state index in [9.17, 15) is 18.0 Å². The predicted molar refractivity (Wildman–Crippen MR) is 162 cm³/mol. The summed E-state index contributed by atoms with van der Waals surface area (Å²) in [6, 6.07) is 21.0. The van der Waals surface area contributed by atoms with Crippen LogP contribution in [0.3, 0.4) is 0 Å². The molecule has 0 fully saturated rings. The van der Waals surface area contributed by atoms with Crippen molar-refractivity contribution in [3.8, 4) is 0 Å². The van der Waals surface area contributed by atoms with Crippen molar-refractivity contribution in [2.45, 2.75) is 45.2 Å². The van der Waals surface area contributed by atoms with Crippen LogP contribution in [0, 0.1) is 0 Å². The topological polar surface area (TPSA) is 86.8 Å². The smallest absolute Gasteiger partial charge is 0.242 e. The van der Waals surface area contributed by atoms with Crippen molar-refractivity contribution < 1.29 is 18.0 Å². The number of nitrogens with one attached hydrogen (secondary N) is 1. The second-order valence-electron chi connectivity index (χ2n) is 9.50. The molecule has 1 unspecified atom stereocenters. The van der Waals surface area contributed by atoms with Gasteiger partial charge in [0.15, 0.2) is 0 Å². The van der Waals surface area contributed by atoms with E-state index in [0.717, 1.165) is 23.8 Å². The number of carbonyl (C=O) groups is 2. The van der Waals surface area contributed by atoms with Crippen LogP contribution in [-0.4, -0.2) is 51.0 Å². The molecule has 0 aliphatic heterocycles. The van der Waals surface area contributed by atoms with Crippen molar-refractivity contribution >= 4 is 50.7 Å². The highest BCUT2D eigenvalue weighted by Crippen LogP contribution is 2.28. The molecule has 7 nitrogen and oxygen atoms in total. The van der Waals surface area contributed by atoms with Crippen LogP contribution in [0.15, 0.2) is 72.8 Å². The Kier molecular flexibility index (Phi) is 11.4. The monoisotopic (exact) mass is 603 g/mol. The van der Waals surface area contributed by atoms with Crippen molar-refractivity contribution in [3.05, 3.63) is 99.5 Å². The summed E-state index contributed by atoms with van der Waals surface area (Å²) in [6.07, 6.45) is 2.54. The van der Waals surface area contributed by atoms with Crippen LogP contribution in [0.5, 0.6) is 0 Å². The van der Waals surface area contributed by atoms with Crippen molar-refractivity contribution in [2.24, 2.45) is 0 Å². The van der Waals surface area contributed by atoms with Crippen LogP contribution in [-0.2, 0) is 39.0 Å². The van der Waals surface area contributed by atoms with Crippen LogP contribution < -0.4 is 9.62 Å². The Labute approximate surface area is 247 Å². The minimum atomic E-state index is -3.58. The minimum absolute atomic E-state index is 0.0173. The Morgan fingerprint density at radius 1 is 0.900 bits per heavy atom. The SMILES string of the molecule is CCc1ccc(N(CCCC(=O)N(Cc2c(Cl)cccc2Cl)C(Cc2ccccc2)C(=O)NC)S(C)(=O)=O)cc1. The van der Waals surface area contributed by atoms with Crippen LogP contribution in [0.25, 0.3) is 0 Å². The predicted octanol–water partition coefficient (Wildman–Crippen LogP) is 5.49. The van der Waals surface area contributed by atoms with E-state index in [1.807, 2.05) is 49.4 Å². The van der Waals surface area contributed by atoms with Gasteiger partial charge in [0.05, 0.1) is 11.9 Å². The molecular formula is C30H35Cl2N3O4S. The van der Waals surface area contributed by atoms with Crippen LogP contribution in [0.2, 0.25) is 10.0 Å². The van der Waals surface area contributed by atoms with E-state index >= 15 is 0 Å². The second-order valence-corrected chi connectivity index (χ2v) is 12.2. The highest BCUT2D eigenvalue weighted by molar-refractivity contribution is 7.92. The van der Waals surface area contributed by atoms with Gasteiger partial charge in [-0.1, -0.05) is 78.7 Å². The first-order valence-electron chi connectivity index (χ1n) is 13.1. The van der Waals surface area contributed by atoms with E-state index < -0.39 is 16.1 Å². The maximum absolute atomic E-state index is 13.8. The molecule has 0 aromatic heterocycles. The first kappa shape index (κ1) is 31.5. The number of hydrogen-bond donors (Lipinski definition) is 1. The Balaban J connectivity index is 1.87. The summed E-state index contributed by atoms with van der Waals surface area (Å²) >= 11 is 12.9. The van der Waals surface area contributed by atoms with Crippen LogP contribution >= 0.6 is 23.2 Å². The van der Waals surface area contributed by atoms with E-state index in [1.165, 1.54) is 16.3 Å². The summed E-state index contributed by atoms with van der Waals surface area (Å²) in [5.74, 6) is -0.635. The summed E-state index contributed by atoms with van der Waals surface area (Å²) in [6.45, 7) is 2.16. The molecule has 3 aromatic carbocycles. The third kappa shape index (κ3) is 8.46. The van der Waals surface area contributed by atoms with Gasteiger partial charge in [0.2, 0.25) is 21.8 Å². The van der Waals surface area contributed by atoms with Gasteiger partial charge in [0.25, 0.3) is 0 Å². The zero-order valence-corrected chi connectivity index (χ0v) is 25.3. The molecule has 1 N–H and O–H groups in total.